The summed E-state index contributed by atoms with van der Waals surface area (Å²) in [5.74, 6) is 0.744. The number of pyridine rings is 1. The number of nitrogens with one attached hydrogen (secondary N) is 1. The van der Waals surface area contributed by atoms with Gasteiger partial charge in [0.2, 0.25) is 0 Å². The zero-order chi connectivity index (χ0) is 22.4. The summed E-state index contributed by atoms with van der Waals surface area (Å²) in [6, 6.07) is 18.8. The largest absolute Gasteiger partial charge is 0.485 e. The maximum absolute atomic E-state index is 12.6. The zero-order valence-corrected chi connectivity index (χ0v) is 18.4. The summed E-state index contributed by atoms with van der Waals surface area (Å²) < 4.78 is 5.85. The van der Waals surface area contributed by atoms with Gasteiger partial charge >= 0.3 is 0 Å². The van der Waals surface area contributed by atoms with Crippen molar-refractivity contribution < 1.29 is 9.53 Å². The van der Waals surface area contributed by atoms with E-state index < -0.39 is 0 Å². The van der Waals surface area contributed by atoms with Crippen molar-refractivity contribution in [1.82, 2.24) is 9.88 Å². The second-order valence-corrected chi connectivity index (χ2v) is 7.81. The second kappa shape index (κ2) is 9.95. The van der Waals surface area contributed by atoms with E-state index in [2.05, 4.69) is 10.3 Å². The Balaban J connectivity index is 1.64. The lowest BCUT2D eigenvalue weighted by Gasteiger charge is -2.14. The number of hydrogen-bond acceptors (Lipinski definition) is 6. The van der Waals surface area contributed by atoms with Gasteiger partial charge in [0.1, 0.15) is 6.61 Å². The summed E-state index contributed by atoms with van der Waals surface area (Å²) in [4.78, 5) is 21.0. The van der Waals surface area contributed by atoms with Crippen LogP contribution in [0.1, 0.15) is 21.6 Å². The molecule has 0 spiro atoms. The Morgan fingerprint density at radius 2 is 1.81 bits per heavy atom. The van der Waals surface area contributed by atoms with Crippen molar-refractivity contribution in [3.63, 3.8) is 0 Å². The molecule has 0 saturated carbocycles. The third-order valence-electron chi connectivity index (χ3n) is 4.63. The van der Waals surface area contributed by atoms with Crippen molar-refractivity contribution in [2.75, 3.05) is 44.1 Å². The van der Waals surface area contributed by atoms with Crippen LogP contribution in [0, 0.1) is 0 Å². The topological polar surface area (TPSA) is 83.7 Å². The van der Waals surface area contributed by atoms with Crippen molar-refractivity contribution in [2.24, 2.45) is 0 Å². The van der Waals surface area contributed by atoms with Gasteiger partial charge in [-0.05, 0) is 62.1 Å². The quantitative estimate of drug-likeness (QED) is 0.580. The van der Waals surface area contributed by atoms with Crippen LogP contribution in [0.4, 0.5) is 17.2 Å². The molecule has 3 aromatic rings. The number of carbonyl (C=O) groups is 1. The van der Waals surface area contributed by atoms with Crippen LogP contribution in [0.3, 0.4) is 0 Å². The molecule has 0 fully saturated rings. The number of ether oxygens (including phenoxy) is 1. The molecule has 31 heavy (non-hydrogen) atoms. The standard InChI is InChI=1S/C24H29N5O2/c1-28(2)15-20-11-12-22(23(25)26-20)31-16-17-7-5-9-19(13-17)27-24(30)18-8-6-10-21(14-18)29(3)4/h5-14H,15-16H2,1-4H3,(H2,25,26)(H,27,30). The van der Waals surface area contributed by atoms with E-state index in [-0.39, 0.29) is 5.91 Å². The maximum Gasteiger partial charge on any atom is 0.255 e. The molecular formula is C24H29N5O2. The van der Waals surface area contributed by atoms with Crippen molar-refractivity contribution in [3.8, 4) is 5.75 Å². The molecule has 0 atom stereocenters. The number of benzene rings is 2. The number of nitrogen functional groups attached to an aromatic ring is 1. The fourth-order valence-electron chi connectivity index (χ4n) is 3.07. The van der Waals surface area contributed by atoms with Crippen LogP contribution in [0.5, 0.6) is 5.75 Å². The second-order valence-electron chi connectivity index (χ2n) is 7.81. The summed E-state index contributed by atoms with van der Waals surface area (Å²) in [7, 11) is 7.84. The number of carbonyl (C=O) groups excluding carboxylic acids is 1. The third kappa shape index (κ3) is 6.20. The Bertz CT molecular complexity index is 1050. The number of nitrogens with zero attached hydrogens (tertiary/aromatic N) is 3. The Morgan fingerprint density at radius 1 is 1.03 bits per heavy atom. The first kappa shape index (κ1) is 22.1. The molecule has 7 nitrogen and oxygen atoms in total. The Morgan fingerprint density at radius 3 is 2.52 bits per heavy atom. The maximum atomic E-state index is 12.6. The lowest BCUT2D eigenvalue weighted by molar-refractivity contribution is 0.102. The summed E-state index contributed by atoms with van der Waals surface area (Å²) >= 11 is 0. The van der Waals surface area contributed by atoms with Crippen LogP contribution < -0.4 is 20.7 Å². The van der Waals surface area contributed by atoms with Gasteiger partial charge in [0.25, 0.3) is 5.91 Å². The van der Waals surface area contributed by atoms with E-state index in [1.165, 1.54) is 0 Å². The molecule has 1 amide bonds. The molecule has 7 heteroatoms. The van der Waals surface area contributed by atoms with E-state index in [4.69, 9.17) is 10.5 Å². The molecule has 162 valence electrons. The number of hydrogen-bond donors (Lipinski definition) is 2. The molecule has 0 bridgehead atoms. The van der Waals surface area contributed by atoms with Crippen LogP contribution in [0.2, 0.25) is 0 Å². The lowest BCUT2D eigenvalue weighted by atomic mass is 10.1. The highest BCUT2D eigenvalue weighted by atomic mass is 16.5. The molecule has 0 aliphatic carbocycles. The van der Waals surface area contributed by atoms with Crippen molar-refractivity contribution >= 4 is 23.1 Å². The molecule has 0 unspecified atom stereocenters. The number of nitrogens with two attached hydrogens (primary N) is 1. The van der Waals surface area contributed by atoms with Crippen LogP contribution in [-0.2, 0) is 13.2 Å². The number of amides is 1. The van der Waals surface area contributed by atoms with Crippen molar-refractivity contribution in [1.29, 1.82) is 0 Å². The smallest absolute Gasteiger partial charge is 0.255 e. The van der Waals surface area contributed by atoms with Crippen LogP contribution in [-0.4, -0.2) is 44.0 Å². The fourth-order valence-corrected chi connectivity index (χ4v) is 3.07. The minimum atomic E-state index is -0.160. The number of rotatable bonds is 8. The third-order valence-corrected chi connectivity index (χ3v) is 4.63. The van der Waals surface area contributed by atoms with Gasteiger partial charge in [0.05, 0.1) is 5.69 Å². The van der Waals surface area contributed by atoms with Crippen molar-refractivity contribution in [2.45, 2.75) is 13.2 Å². The fraction of sp³-hybridized carbons (Fsp3) is 0.250. The first-order valence-electron chi connectivity index (χ1n) is 10.0. The number of aromatic nitrogens is 1. The minimum absolute atomic E-state index is 0.160. The first-order chi connectivity index (χ1) is 14.8. The zero-order valence-electron chi connectivity index (χ0n) is 18.4. The molecule has 1 heterocycles. The van der Waals surface area contributed by atoms with Crippen molar-refractivity contribution in [3.05, 3.63) is 77.5 Å². The van der Waals surface area contributed by atoms with E-state index >= 15 is 0 Å². The van der Waals surface area contributed by atoms with Crippen LogP contribution >= 0.6 is 0 Å². The average Bonchev–Trinajstić information content (AvgIpc) is 2.73. The van der Waals surface area contributed by atoms with Gasteiger partial charge in [-0.2, -0.15) is 0 Å². The SMILES string of the molecule is CN(C)Cc1ccc(OCc2cccc(NC(=O)c3cccc(N(C)C)c3)c2)c(N)n1. The summed E-state index contributed by atoms with van der Waals surface area (Å²) in [5, 5.41) is 2.95. The molecule has 3 rings (SSSR count). The average molecular weight is 420 g/mol. The van der Waals surface area contributed by atoms with Crippen LogP contribution in [0.25, 0.3) is 0 Å². The molecule has 0 aliphatic heterocycles. The number of anilines is 3. The predicted molar refractivity (Wildman–Crippen MR) is 126 cm³/mol. The minimum Gasteiger partial charge on any atom is -0.485 e. The normalized spacial score (nSPS) is 10.7. The highest BCUT2D eigenvalue weighted by Crippen LogP contribution is 2.22. The predicted octanol–water partition coefficient (Wildman–Crippen LogP) is 3.62. The molecule has 0 saturated heterocycles. The van der Waals surface area contributed by atoms with Gasteiger partial charge in [0, 0.05) is 37.6 Å². The highest BCUT2D eigenvalue weighted by molar-refractivity contribution is 6.04. The molecule has 2 aromatic carbocycles. The van der Waals surface area contributed by atoms with E-state index in [0.29, 0.717) is 36.0 Å². The Kier molecular flexibility index (Phi) is 7.10. The van der Waals surface area contributed by atoms with Gasteiger partial charge in [0.15, 0.2) is 11.6 Å². The summed E-state index contributed by atoms with van der Waals surface area (Å²) in [6.45, 7) is 1.03. The van der Waals surface area contributed by atoms with E-state index in [0.717, 1.165) is 16.9 Å². The summed E-state index contributed by atoms with van der Waals surface area (Å²) in [5.41, 5.74) is 10.1. The van der Waals surface area contributed by atoms with Gasteiger partial charge in [-0.25, -0.2) is 4.98 Å². The first-order valence-corrected chi connectivity index (χ1v) is 10.0. The Labute approximate surface area is 183 Å². The van der Waals surface area contributed by atoms with E-state index in [9.17, 15) is 4.79 Å². The summed E-state index contributed by atoms with van der Waals surface area (Å²) in [6.07, 6.45) is 0. The van der Waals surface area contributed by atoms with Gasteiger partial charge in [-0.1, -0.05) is 18.2 Å². The van der Waals surface area contributed by atoms with E-state index in [1.807, 2.05) is 92.6 Å². The Hall–Kier alpha value is -3.58. The van der Waals surface area contributed by atoms with Crippen LogP contribution in [0.15, 0.2) is 60.7 Å². The molecule has 0 radical (unpaired) electrons. The monoisotopic (exact) mass is 419 g/mol. The van der Waals surface area contributed by atoms with E-state index in [1.54, 1.807) is 6.07 Å². The van der Waals surface area contributed by atoms with Gasteiger partial charge in [-0.3, -0.25) is 4.79 Å². The highest BCUT2D eigenvalue weighted by Gasteiger charge is 2.09. The molecule has 1 aromatic heterocycles. The molecule has 0 aliphatic rings. The lowest BCUT2D eigenvalue weighted by Crippen LogP contribution is -2.14. The molecule has 3 N–H and O–H groups in total. The van der Waals surface area contributed by atoms with Gasteiger partial charge < -0.3 is 25.6 Å². The van der Waals surface area contributed by atoms with Gasteiger partial charge in [-0.15, -0.1) is 0 Å². The molecular weight excluding hydrogens is 390 g/mol.